The molecule has 4 aliphatic rings. The van der Waals surface area contributed by atoms with Crippen LogP contribution in [0.1, 0.15) is 24.0 Å². The Hall–Kier alpha value is -2.92. The first-order valence-corrected chi connectivity index (χ1v) is 11.3. The number of ether oxygens (including phenoxy) is 1. The molecule has 5 heterocycles. The first kappa shape index (κ1) is 18.8. The smallest absolute Gasteiger partial charge is 0.262 e. The highest BCUT2D eigenvalue weighted by molar-refractivity contribution is 5.92. The van der Waals surface area contributed by atoms with Gasteiger partial charge in [0.2, 0.25) is 0 Å². The second-order valence-electron chi connectivity index (χ2n) is 9.33. The van der Waals surface area contributed by atoms with E-state index in [2.05, 4.69) is 34.1 Å². The van der Waals surface area contributed by atoms with Crippen LogP contribution >= 0.6 is 0 Å². The molecule has 1 aromatic heterocycles. The highest BCUT2D eigenvalue weighted by Crippen LogP contribution is 2.51. The molecule has 158 valence electrons. The van der Waals surface area contributed by atoms with Crippen LogP contribution in [0.15, 0.2) is 60.9 Å². The molecular formula is C26H27N3O2. The Morgan fingerprint density at radius 1 is 1.13 bits per heavy atom. The molecule has 0 spiro atoms. The minimum Gasteiger partial charge on any atom is -0.476 e. The van der Waals surface area contributed by atoms with Crippen LogP contribution in [-0.2, 0) is 17.6 Å². The van der Waals surface area contributed by atoms with Crippen LogP contribution in [-0.4, -0.2) is 40.5 Å². The zero-order chi connectivity index (χ0) is 21.0. The third-order valence-corrected chi connectivity index (χ3v) is 7.82. The van der Waals surface area contributed by atoms with Crippen LogP contribution in [0, 0.1) is 11.8 Å². The monoisotopic (exact) mass is 413 g/mol. The molecule has 0 radical (unpaired) electrons. The molecule has 0 aliphatic carbocycles. The van der Waals surface area contributed by atoms with Crippen molar-refractivity contribution in [2.24, 2.45) is 17.6 Å². The number of rotatable bonds is 4. The number of amides is 1. The van der Waals surface area contributed by atoms with E-state index in [0.717, 1.165) is 49.1 Å². The predicted molar refractivity (Wildman–Crippen MR) is 120 cm³/mol. The van der Waals surface area contributed by atoms with Gasteiger partial charge in [-0.1, -0.05) is 36.4 Å². The summed E-state index contributed by atoms with van der Waals surface area (Å²) in [6.45, 7) is 2.16. The summed E-state index contributed by atoms with van der Waals surface area (Å²) in [4.78, 5) is 20.0. The number of carbonyl (C=O) groups excluding carboxylic acids is 1. The number of aromatic nitrogens is 1. The molecular weight excluding hydrogens is 386 g/mol. The van der Waals surface area contributed by atoms with Gasteiger partial charge in [0.15, 0.2) is 5.60 Å². The molecule has 2 aromatic carbocycles. The minimum absolute atomic E-state index is 0.0684. The van der Waals surface area contributed by atoms with E-state index in [-0.39, 0.29) is 17.9 Å². The summed E-state index contributed by atoms with van der Waals surface area (Å²) in [5.41, 5.74) is 7.50. The minimum atomic E-state index is -0.997. The molecule has 31 heavy (non-hydrogen) atoms. The summed E-state index contributed by atoms with van der Waals surface area (Å²) in [6, 6.07) is 16.8. The van der Waals surface area contributed by atoms with Crippen LogP contribution in [0.2, 0.25) is 0 Å². The highest BCUT2D eigenvalue weighted by atomic mass is 16.5. The Bertz CT molecular complexity index is 1140. The molecule has 3 saturated heterocycles. The molecule has 4 aliphatic heterocycles. The fourth-order valence-electron chi connectivity index (χ4n) is 6.44. The standard InChI is InChI=1S/C26H27N3O2/c27-25(30)26(15-21-20-6-2-1-5-18(20)7-8-23(21)31-26)24-19-9-12-29(13-10-19)22(24)14-17-4-3-11-28-16-17/h1-8,11,16,19,22,24H,9-10,12-15H2,(H2,27,30). The predicted octanol–water partition coefficient (Wildman–Crippen LogP) is 3.35. The van der Waals surface area contributed by atoms with Crippen LogP contribution in [0.4, 0.5) is 0 Å². The van der Waals surface area contributed by atoms with Crippen molar-refractivity contribution in [3.63, 3.8) is 0 Å². The molecule has 3 atom stereocenters. The molecule has 1 amide bonds. The van der Waals surface area contributed by atoms with Crippen LogP contribution in [0.25, 0.3) is 10.8 Å². The van der Waals surface area contributed by atoms with Crippen molar-refractivity contribution in [3.05, 3.63) is 72.1 Å². The lowest BCUT2D eigenvalue weighted by Gasteiger charge is -2.55. The second-order valence-corrected chi connectivity index (χ2v) is 9.33. The fraction of sp³-hybridized carbons (Fsp3) is 0.385. The highest BCUT2D eigenvalue weighted by Gasteiger charge is 2.59. The number of carbonyl (C=O) groups is 1. The van der Waals surface area contributed by atoms with Crippen molar-refractivity contribution < 1.29 is 9.53 Å². The van der Waals surface area contributed by atoms with Gasteiger partial charge in [-0.15, -0.1) is 0 Å². The normalized spacial score (nSPS) is 31.4. The number of nitrogens with two attached hydrogens (primary N) is 1. The number of hydrogen-bond donors (Lipinski definition) is 1. The summed E-state index contributed by atoms with van der Waals surface area (Å²) >= 11 is 0. The van der Waals surface area contributed by atoms with Gasteiger partial charge in [0.1, 0.15) is 5.75 Å². The van der Waals surface area contributed by atoms with E-state index in [4.69, 9.17) is 10.5 Å². The molecule has 3 aromatic rings. The molecule has 2 bridgehead atoms. The van der Waals surface area contributed by atoms with Gasteiger partial charge in [0.05, 0.1) is 0 Å². The molecule has 3 unspecified atom stereocenters. The summed E-state index contributed by atoms with van der Waals surface area (Å²) < 4.78 is 6.61. The Morgan fingerprint density at radius 2 is 1.97 bits per heavy atom. The fourth-order valence-corrected chi connectivity index (χ4v) is 6.44. The lowest BCUT2D eigenvalue weighted by Crippen LogP contribution is -2.67. The third-order valence-electron chi connectivity index (χ3n) is 7.82. The Morgan fingerprint density at radius 3 is 2.74 bits per heavy atom. The maximum atomic E-state index is 13.2. The van der Waals surface area contributed by atoms with E-state index >= 15 is 0 Å². The van der Waals surface area contributed by atoms with Gasteiger partial charge in [-0.25, -0.2) is 0 Å². The number of hydrogen-bond acceptors (Lipinski definition) is 4. The molecule has 7 rings (SSSR count). The van der Waals surface area contributed by atoms with E-state index < -0.39 is 5.60 Å². The Labute approximate surface area is 182 Å². The summed E-state index contributed by atoms with van der Waals surface area (Å²) in [6.07, 6.45) is 7.37. The number of primary amides is 1. The SMILES string of the molecule is NC(=O)C1(C2C3CCN(CC3)C2Cc2cccnc2)Cc2c(ccc3ccccc23)O1. The van der Waals surface area contributed by atoms with Gasteiger partial charge in [-0.3, -0.25) is 14.7 Å². The Kier molecular flexibility index (Phi) is 4.29. The summed E-state index contributed by atoms with van der Waals surface area (Å²) in [5.74, 6) is 0.996. The Balaban J connectivity index is 1.44. The zero-order valence-electron chi connectivity index (χ0n) is 17.5. The van der Waals surface area contributed by atoms with Crippen molar-refractivity contribution in [1.29, 1.82) is 0 Å². The van der Waals surface area contributed by atoms with Gasteiger partial charge < -0.3 is 10.5 Å². The molecule has 0 saturated carbocycles. The first-order valence-electron chi connectivity index (χ1n) is 11.3. The van der Waals surface area contributed by atoms with Crippen molar-refractivity contribution in [2.75, 3.05) is 13.1 Å². The number of pyridine rings is 1. The average molecular weight is 414 g/mol. The first-order chi connectivity index (χ1) is 15.2. The van der Waals surface area contributed by atoms with Gasteiger partial charge in [-0.05, 0) is 66.7 Å². The molecule has 5 nitrogen and oxygen atoms in total. The van der Waals surface area contributed by atoms with Crippen molar-refractivity contribution >= 4 is 16.7 Å². The number of nitrogens with zero attached hydrogens (tertiary/aromatic N) is 2. The van der Waals surface area contributed by atoms with Crippen molar-refractivity contribution in [3.8, 4) is 5.75 Å². The third kappa shape index (κ3) is 2.87. The average Bonchev–Trinajstić information content (AvgIpc) is 3.22. The number of piperidine rings is 3. The summed E-state index contributed by atoms with van der Waals surface area (Å²) in [7, 11) is 0. The van der Waals surface area contributed by atoms with Crippen molar-refractivity contribution in [1.82, 2.24) is 9.88 Å². The van der Waals surface area contributed by atoms with Crippen molar-refractivity contribution in [2.45, 2.75) is 37.3 Å². The summed E-state index contributed by atoms with van der Waals surface area (Å²) in [5, 5.41) is 2.33. The molecule has 5 heteroatoms. The molecule has 2 N–H and O–H groups in total. The van der Waals surface area contributed by atoms with E-state index in [1.54, 1.807) is 6.20 Å². The maximum Gasteiger partial charge on any atom is 0.262 e. The second kappa shape index (κ2) is 7.06. The van der Waals surface area contributed by atoms with Crippen LogP contribution in [0.5, 0.6) is 5.75 Å². The van der Waals surface area contributed by atoms with E-state index in [1.807, 2.05) is 30.5 Å². The molecule has 3 fully saturated rings. The van der Waals surface area contributed by atoms with E-state index in [9.17, 15) is 4.79 Å². The van der Waals surface area contributed by atoms with Gasteiger partial charge in [0, 0.05) is 36.3 Å². The zero-order valence-corrected chi connectivity index (χ0v) is 17.5. The quantitative estimate of drug-likeness (QED) is 0.712. The van der Waals surface area contributed by atoms with Gasteiger partial charge in [-0.2, -0.15) is 0 Å². The lowest BCUT2D eigenvalue weighted by molar-refractivity contribution is -0.152. The van der Waals surface area contributed by atoms with Crippen LogP contribution < -0.4 is 10.5 Å². The van der Waals surface area contributed by atoms with Gasteiger partial charge >= 0.3 is 0 Å². The largest absolute Gasteiger partial charge is 0.476 e. The van der Waals surface area contributed by atoms with E-state index in [1.165, 1.54) is 10.9 Å². The number of benzene rings is 2. The van der Waals surface area contributed by atoms with Crippen LogP contribution in [0.3, 0.4) is 0 Å². The van der Waals surface area contributed by atoms with E-state index in [0.29, 0.717) is 12.3 Å². The number of fused-ring (bicyclic) bond motifs is 6. The maximum absolute atomic E-state index is 13.2. The van der Waals surface area contributed by atoms with Gasteiger partial charge in [0.25, 0.3) is 5.91 Å². The topological polar surface area (TPSA) is 68.5 Å². The lowest BCUT2D eigenvalue weighted by atomic mass is 9.63.